The summed E-state index contributed by atoms with van der Waals surface area (Å²) < 4.78 is 5.10. The van der Waals surface area contributed by atoms with Crippen molar-refractivity contribution in [3.63, 3.8) is 0 Å². The number of aliphatic hydroxyl groups is 1. The molecule has 7 nitrogen and oxygen atoms in total. The molecule has 1 rings (SSSR count). The van der Waals surface area contributed by atoms with E-state index in [-0.39, 0.29) is 17.9 Å². The summed E-state index contributed by atoms with van der Waals surface area (Å²) in [5, 5.41) is 28.8. The highest BCUT2D eigenvalue weighted by molar-refractivity contribution is 5.88. The van der Waals surface area contributed by atoms with Gasteiger partial charge in [0.1, 0.15) is 6.61 Å². The standard InChI is InChI=1S/C11H13NO6/c1-2-8(13)6-18-10-4-3-7(11(14)15)5-9(10)12(16)17/h3-5,8,13H,2,6H2,1H3,(H,14,15). The maximum absolute atomic E-state index is 10.8. The van der Waals surface area contributed by atoms with Crippen LogP contribution in [0.25, 0.3) is 0 Å². The predicted octanol–water partition coefficient (Wildman–Crippen LogP) is 1.44. The number of nitro groups is 1. The highest BCUT2D eigenvalue weighted by Crippen LogP contribution is 2.28. The number of carboxylic acid groups (broad SMARTS) is 1. The fourth-order valence-corrected chi connectivity index (χ4v) is 1.22. The number of carbonyl (C=O) groups is 1. The fraction of sp³-hybridized carbons (Fsp3) is 0.364. The van der Waals surface area contributed by atoms with Gasteiger partial charge in [-0.2, -0.15) is 0 Å². The van der Waals surface area contributed by atoms with Crippen molar-refractivity contribution >= 4 is 11.7 Å². The number of ether oxygens (including phenoxy) is 1. The van der Waals surface area contributed by atoms with E-state index in [4.69, 9.17) is 9.84 Å². The van der Waals surface area contributed by atoms with Gasteiger partial charge in [0.15, 0.2) is 5.75 Å². The second-order valence-corrected chi connectivity index (χ2v) is 3.62. The van der Waals surface area contributed by atoms with Crippen LogP contribution in [-0.2, 0) is 0 Å². The summed E-state index contributed by atoms with van der Waals surface area (Å²) in [6, 6.07) is 3.35. The quantitative estimate of drug-likeness (QED) is 0.588. The van der Waals surface area contributed by atoms with Gasteiger partial charge in [-0.25, -0.2) is 4.79 Å². The van der Waals surface area contributed by atoms with Crippen molar-refractivity contribution in [2.45, 2.75) is 19.4 Å². The van der Waals surface area contributed by atoms with Crippen LogP contribution in [0.4, 0.5) is 5.69 Å². The van der Waals surface area contributed by atoms with Gasteiger partial charge in [-0.1, -0.05) is 6.92 Å². The molecular weight excluding hydrogens is 242 g/mol. The number of nitrogens with zero attached hydrogens (tertiary/aromatic N) is 1. The molecule has 1 atom stereocenters. The van der Waals surface area contributed by atoms with E-state index < -0.39 is 22.7 Å². The summed E-state index contributed by atoms with van der Waals surface area (Å²) in [4.78, 5) is 20.8. The van der Waals surface area contributed by atoms with Crippen LogP contribution in [-0.4, -0.2) is 33.8 Å². The van der Waals surface area contributed by atoms with E-state index in [0.717, 1.165) is 6.07 Å². The molecule has 98 valence electrons. The van der Waals surface area contributed by atoms with Crippen LogP contribution < -0.4 is 4.74 Å². The third-order valence-electron chi connectivity index (χ3n) is 2.31. The number of aliphatic hydroxyl groups excluding tert-OH is 1. The Balaban J connectivity index is 2.97. The number of carboxylic acids is 1. The Morgan fingerprint density at radius 3 is 2.72 bits per heavy atom. The molecule has 1 aromatic rings. The van der Waals surface area contributed by atoms with Gasteiger partial charge < -0.3 is 14.9 Å². The Labute approximate surface area is 103 Å². The minimum absolute atomic E-state index is 0.0579. The zero-order valence-corrected chi connectivity index (χ0v) is 9.70. The summed E-state index contributed by atoms with van der Waals surface area (Å²) >= 11 is 0. The molecular formula is C11H13NO6. The average molecular weight is 255 g/mol. The molecule has 0 aromatic heterocycles. The van der Waals surface area contributed by atoms with E-state index in [1.54, 1.807) is 6.92 Å². The van der Waals surface area contributed by atoms with Gasteiger partial charge in [0.25, 0.3) is 0 Å². The molecule has 0 fully saturated rings. The Morgan fingerprint density at radius 1 is 1.56 bits per heavy atom. The van der Waals surface area contributed by atoms with E-state index in [1.165, 1.54) is 12.1 Å². The average Bonchev–Trinajstić information content (AvgIpc) is 2.35. The topological polar surface area (TPSA) is 110 Å². The SMILES string of the molecule is CCC(O)COc1ccc(C(=O)O)cc1[N+](=O)[O-]. The van der Waals surface area contributed by atoms with Crippen LogP contribution >= 0.6 is 0 Å². The van der Waals surface area contributed by atoms with Crippen molar-refractivity contribution in [1.82, 2.24) is 0 Å². The lowest BCUT2D eigenvalue weighted by atomic mass is 10.2. The summed E-state index contributed by atoms with van der Waals surface area (Å²) in [5.74, 6) is -1.31. The van der Waals surface area contributed by atoms with Crippen molar-refractivity contribution in [2.24, 2.45) is 0 Å². The fourth-order valence-electron chi connectivity index (χ4n) is 1.22. The van der Waals surface area contributed by atoms with E-state index in [9.17, 15) is 20.0 Å². The highest BCUT2D eigenvalue weighted by atomic mass is 16.6. The van der Waals surface area contributed by atoms with E-state index in [1.807, 2.05) is 0 Å². The first kappa shape index (κ1) is 13.9. The molecule has 0 aliphatic carbocycles. The summed E-state index contributed by atoms with van der Waals surface area (Å²) in [5.41, 5.74) is -0.622. The van der Waals surface area contributed by atoms with E-state index in [0.29, 0.717) is 6.42 Å². The molecule has 0 spiro atoms. The number of hydrogen-bond acceptors (Lipinski definition) is 5. The lowest BCUT2D eigenvalue weighted by Gasteiger charge is -2.10. The first-order valence-corrected chi connectivity index (χ1v) is 5.28. The van der Waals surface area contributed by atoms with E-state index >= 15 is 0 Å². The molecule has 0 heterocycles. The van der Waals surface area contributed by atoms with Crippen molar-refractivity contribution in [3.05, 3.63) is 33.9 Å². The van der Waals surface area contributed by atoms with Gasteiger partial charge in [-0.15, -0.1) is 0 Å². The molecule has 0 aliphatic rings. The Hall–Kier alpha value is -2.15. The van der Waals surface area contributed by atoms with Crippen LogP contribution in [0.2, 0.25) is 0 Å². The minimum atomic E-state index is -1.25. The molecule has 0 radical (unpaired) electrons. The zero-order valence-electron chi connectivity index (χ0n) is 9.70. The molecule has 2 N–H and O–H groups in total. The molecule has 1 unspecified atom stereocenters. The maximum atomic E-state index is 10.8. The molecule has 0 saturated heterocycles. The molecule has 18 heavy (non-hydrogen) atoms. The second kappa shape index (κ2) is 5.97. The largest absolute Gasteiger partial charge is 0.484 e. The Bertz CT molecular complexity index is 459. The number of hydrogen-bond donors (Lipinski definition) is 2. The molecule has 0 bridgehead atoms. The van der Waals surface area contributed by atoms with Gasteiger partial charge in [-0.3, -0.25) is 10.1 Å². The van der Waals surface area contributed by atoms with Gasteiger partial charge in [0.2, 0.25) is 0 Å². The predicted molar refractivity (Wildman–Crippen MR) is 61.8 cm³/mol. The molecule has 0 aliphatic heterocycles. The van der Waals surface area contributed by atoms with Crippen LogP contribution in [0.15, 0.2) is 18.2 Å². The molecule has 0 amide bonds. The summed E-state index contributed by atoms with van der Waals surface area (Å²) in [6.07, 6.45) is -0.259. The van der Waals surface area contributed by atoms with Crippen LogP contribution in [0.1, 0.15) is 23.7 Å². The Morgan fingerprint density at radius 2 is 2.22 bits per heavy atom. The van der Waals surface area contributed by atoms with E-state index in [2.05, 4.69) is 0 Å². The second-order valence-electron chi connectivity index (χ2n) is 3.62. The van der Waals surface area contributed by atoms with Crippen molar-refractivity contribution in [2.75, 3.05) is 6.61 Å². The molecule has 7 heteroatoms. The molecule has 1 aromatic carbocycles. The smallest absolute Gasteiger partial charge is 0.335 e. The molecule has 0 saturated carbocycles. The third-order valence-corrected chi connectivity index (χ3v) is 2.31. The third kappa shape index (κ3) is 3.42. The zero-order chi connectivity index (χ0) is 13.7. The van der Waals surface area contributed by atoms with Crippen molar-refractivity contribution in [1.29, 1.82) is 0 Å². The van der Waals surface area contributed by atoms with Crippen LogP contribution in [0, 0.1) is 10.1 Å². The summed E-state index contributed by atoms with van der Waals surface area (Å²) in [6.45, 7) is 1.67. The van der Waals surface area contributed by atoms with Crippen LogP contribution in [0.3, 0.4) is 0 Å². The van der Waals surface area contributed by atoms with Gasteiger partial charge >= 0.3 is 11.7 Å². The number of nitro benzene ring substituents is 1. The number of benzene rings is 1. The number of aromatic carboxylic acids is 1. The van der Waals surface area contributed by atoms with Gasteiger partial charge in [0, 0.05) is 6.07 Å². The lowest BCUT2D eigenvalue weighted by Crippen LogP contribution is -2.16. The normalized spacial score (nSPS) is 11.9. The maximum Gasteiger partial charge on any atom is 0.335 e. The highest BCUT2D eigenvalue weighted by Gasteiger charge is 2.19. The Kier molecular flexibility index (Phi) is 4.61. The monoisotopic (exact) mass is 255 g/mol. The van der Waals surface area contributed by atoms with Crippen molar-refractivity contribution < 1.29 is 24.7 Å². The van der Waals surface area contributed by atoms with Gasteiger partial charge in [0.05, 0.1) is 16.6 Å². The first-order valence-electron chi connectivity index (χ1n) is 5.28. The lowest BCUT2D eigenvalue weighted by molar-refractivity contribution is -0.386. The van der Waals surface area contributed by atoms with Crippen molar-refractivity contribution in [3.8, 4) is 5.75 Å². The minimum Gasteiger partial charge on any atom is -0.484 e. The summed E-state index contributed by atoms with van der Waals surface area (Å²) in [7, 11) is 0. The first-order chi connectivity index (χ1) is 8.45. The number of rotatable bonds is 6. The van der Waals surface area contributed by atoms with Gasteiger partial charge in [-0.05, 0) is 18.6 Å². The van der Waals surface area contributed by atoms with Crippen LogP contribution in [0.5, 0.6) is 5.75 Å².